The van der Waals surface area contributed by atoms with Gasteiger partial charge in [0.1, 0.15) is 6.10 Å². The van der Waals surface area contributed by atoms with E-state index in [2.05, 4.69) is 25.3 Å². The summed E-state index contributed by atoms with van der Waals surface area (Å²) >= 11 is 0. The van der Waals surface area contributed by atoms with Crippen LogP contribution >= 0.6 is 0 Å². The van der Waals surface area contributed by atoms with Crippen LogP contribution in [0.4, 0.5) is 0 Å². The molecule has 6 heteroatoms. The lowest BCUT2D eigenvalue weighted by atomic mass is 10.1. The maximum absolute atomic E-state index is 11.3. The smallest absolute Gasteiger partial charge is 0.256 e. The highest BCUT2D eigenvalue weighted by Gasteiger charge is 2.30. The average Bonchev–Trinajstić information content (AvgIpc) is 2.86. The Morgan fingerprint density at radius 3 is 2.04 bits per heavy atom. The number of hydrogen-bond acceptors (Lipinski definition) is 4. The fraction of sp³-hybridized carbons (Fsp3) is 0.895. The van der Waals surface area contributed by atoms with Gasteiger partial charge in [-0.1, -0.05) is 51.4 Å². The minimum Gasteiger partial charge on any atom is -0.418 e. The number of hydrogen-bond donors (Lipinski definition) is 1. The minimum absolute atomic E-state index is 0.184. The lowest BCUT2D eigenvalue weighted by Crippen LogP contribution is -2.29. The number of nitrogens with one attached hydrogen (secondary N) is 1. The first-order valence-electron chi connectivity index (χ1n) is 10.0. The van der Waals surface area contributed by atoms with Crippen molar-refractivity contribution in [3.8, 4) is 0 Å². The van der Waals surface area contributed by atoms with Crippen molar-refractivity contribution in [2.75, 3.05) is 13.2 Å². The number of rotatable bonds is 15. The maximum atomic E-state index is 11.3. The second kappa shape index (κ2) is 12.6. The van der Waals surface area contributed by atoms with Gasteiger partial charge in [-0.2, -0.15) is 0 Å². The predicted octanol–water partition coefficient (Wildman–Crippen LogP) is 4.17. The van der Waals surface area contributed by atoms with Gasteiger partial charge in [-0.3, -0.25) is 14.9 Å². The van der Waals surface area contributed by atoms with Crippen molar-refractivity contribution < 1.29 is 18.8 Å². The Labute approximate surface area is 154 Å². The Kier molecular flexibility index (Phi) is 11.2. The molecule has 146 valence electrons. The molecule has 1 fully saturated rings. The molecule has 0 aromatic carbocycles. The SMILES string of the molecule is CCO[Si](C)(C)CCCCCCCCCCCO[C@H]1CC(=O)NC1=O. The van der Waals surface area contributed by atoms with Gasteiger partial charge in [0.25, 0.3) is 5.91 Å². The second-order valence-electron chi connectivity index (χ2n) is 7.60. The molecule has 25 heavy (non-hydrogen) atoms. The molecule has 1 aliphatic heterocycles. The van der Waals surface area contributed by atoms with Gasteiger partial charge < -0.3 is 9.16 Å². The van der Waals surface area contributed by atoms with Gasteiger partial charge in [0.2, 0.25) is 5.91 Å². The number of unbranched alkanes of at least 4 members (excludes halogenated alkanes) is 8. The highest BCUT2D eigenvalue weighted by Crippen LogP contribution is 2.17. The van der Waals surface area contributed by atoms with E-state index in [9.17, 15) is 9.59 Å². The largest absolute Gasteiger partial charge is 0.418 e. The van der Waals surface area contributed by atoms with E-state index < -0.39 is 14.4 Å². The third kappa shape index (κ3) is 10.8. The summed E-state index contributed by atoms with van der Waals surface area (Å²) in [6.07, 6.45) is 10.9. The molecule has 1 rings (SSSR count). The second-order valence-corrected chi connectivity index (χ2v) is 11.9. The molecule has 0 radical (unpaired) electrons. The first-order chi connectivity index (χ1) is 11.9. The summed E-state index contributed by atoms with van der Waals surface area (Å²) in [5, 5.41) is 2.26. The van der Waals surface area contributed by atoms with E-state index in [0.29, 0.717) is 6.61 Å². The fourth-order valence-electron chi connectivity index (χ4n) is 3.24. The summed E-state index contributed by atoms with van der Waals surface area (Å²) in [6, 6.07) is 1.28. The van der Waals surface area contributed by atoms with Crippen LogP contribution in [-0.4, -0.2) is 39.4 Å². The summed E-state index contributed by atoms with van der Waals surface area (Å²) in [5.41, 5.74) is 0. The third-order valence-corrected chi connectivity index (χ3v) is 7.33. The van der Waals surface area contributed by atoms with Gasteiger partial charge >= 0.3 is 0 Å². The zero-order valence-corrected chi connectivity index (χ0v) is 17.4. The lowest BCUT2D eigenvalue weighted by Gasteiger charge is -2.21. The number of carbonyl (C=O) groups excluding carboxylic acids is 2. The number of carbonyl (C=O) groups is 2. The van der Waals surface area contributed by atoms with Crippen LogP contribution in [0.15, 0.2) is 0 Å². The van der Waals surface area contributed by atoms with Gasteiger partial charge in [-0.15, -0.1) is 0 Å². The van der Waals surface area contributed by atoms with Crippen molar-refractivity contribution in [2.45, 2.75) is 96.4 Å². The van der Waals surface area contributed by atoms with Crippen molar-refractivity contribution in [1.29, 1.82) is 0 Å². The summed E-state index contributed by atoms with van der Waals surface area (Å²) in [6.45, 7) is 8.16. The van der Waals surface area contributed by atoms with Crippen molar-refractivity contribution in [2.24, 2.45) is 0 Å². The molecule has 0 spiro atoms. The van der Waals surface area contributed by atoms with Gasteiger partial charge in [0.15, 0.2) is 8.32 Å². The van der Waals surface area contributed by atoms with Gasteiger partial charge in [-0.05, 0) is 32.5 Å². The van der Waals surface area contributed by atoms with E-state index >= 15 is 0 Å². The van der Waals surface area contributed by atoms with Crippen LogP contribution in [0.2, 0.25) is 19.1 Å². The topological polar surface area (TPSA) is 64.6 Å². The molecule has 0 aromatic rings. The molecule has 0 saturated carbocycles. The number of amides is 2. The van der Waals surface area contributed by atoms with E-state index in [1.165, 1.54) is 51.0 Å². The van der Waals surface area contributed by atoms with Gasteiger partial charge in [-0.25, -0.2) is 0 Å². The number of ether oxygens (including phenoxy) is 1. The van der Waals surface area contributed by atoms with Crippen molar-refractivity contribution >= 4 is 20.1 Å². The molecule has 0 unspecified atom stereocenters. The molecule has 1 atom stereocenters. The van der Waals surface area contributed by atoms with Crippen LogP contribution in [0.3, 0.4) is 0 Å². The monoisotopic (exact) mass is 371 g/mol. The molecule has 0 aromatic heterocycles. The summed E-state index contributed by atoms with van der Waals surface area (Å²) in [4.78, 5) is 22.4. The standard InChI is InChI=1S/C19H37NO4Si/c1-4-24-25(2,3)15-13-11-9-7-5-6-8-10-12-14-23-17-16-18(21)20-19(17)22/h17H,4-16H2,1-3H3,(H,20,21,22)/t17-/m0/s1. The van der Waals surface area contributed by atoms with Crippen LogP contribution < -0.4 is 5.32 Å². The molecule has 1 heterocycles. The molecule has 0 aliphatic carbocycles. The first-order valence-corrected chi connectivity index (χ1v) is 13.2. The Bertz CT molecular complexity index is 401. The summed E-state index contributed by atoms with van der Waals surface area (Å²) in [5.74, 6) is -0.504. The maximum Gasteiger partial charge on any atom is 0.256 e. The van der Waals surface area contributed by atoms with E-state index in [0.717, 1.165) is 19.4 Å². The highest BCUT2D eigenvalue weighted by atomic mass is 28.4. The lowest BCUT2D eigenvalue weighted by molar-refractivity contribution is -0.129. The molecule has 2 amide bonds. The van der Waals surface area contributed by atoms with E-state index in [1.807, 2.05) is 0 Å². The summed E-state index contributed by atoms with van der Waals surface area (Å²) in [7, 11) is -1.37. The Balaban J connectivity index is 1.82. The Hall–Kier alpha value is -0.723. The van der Waals surface area contributed by atoms with Crippen LogP contribution in [0.25, 0.3) is 0 Å². The van der Waals surface area contributed by atoms with E-state index in [4.69, 9.17) is 9.16 Å². The van der Waals surface area contributed by atoms with Crippen LogP contribution in [0.1, 0.15) is 71.1 Å². The zero-order valence-electron chi connectivity index (χ0n) is 16.4. The molecule has 1 aliphatic rings. The van der Waals surface area contributed by atoms with Gasteiger partial charge in [0.05, 0.1) is 6.42 Å². The quantitative estimate of drug-likeness (QED) is 0.266. The molecule has 1 N–H and O–H groups in total. The van der Waals surface area contributed by atoms with E-state index in [1.54, 1.807) is 0 Å². The highest BCUT2D eigenvalue weighted by molar-refractivity contribution is 6.71. The normalized spacial score (nSPS) is 18.0. The molecule has 5 nitrogen and oxygen atoms in total. The Morgan fingerprint density at radius 1 is 0.960 bits per heavy atom. The fourth-order valence-corrected chi connectivity index (χ4v) is 5.27. The van der Waals surface area contributed by atoms with Crippen molar-refractivity contribution in [1.82, 2.24) is 5.32 Å². The molecular formula is C19H37NO4Si. The van der Waals surface area contributed by atoms with Crippen molar-refractivity contribution in [3.63, 3.8) is 0 Å². The average molecular weight is 372 g/mol. The summed E-state index contributed by atoms with van der Waals surface area (Å²) < 4.78 is 11.3. The molecule has 1 saturated heterocycles. The zero-order chi connectivity index (χ0) is 18.5. The predicted molar refractivity (Wildman–Crippen MR) is 103 cm³/mol. The van der Waals surface area contributed by atoms with Crippen LogP contribution in [0.5, 0.6) is 0 Å². The third-order valence-electron chi connectivity index (χ3n) is 4.70. The Morgan fingerprint density at radius 2 is 1.52 bits per heavy atom. The number of imide groups is 1. The van der Waals surface area contributed by atoms with Crippen LogP contribution in [-0.2, 0) is 18.8 Å². The van der Waals surface area contributed by atoms with Crippen molar-refractivity contribution in [3.05, 3.63) is 0 Å². The molecule has 0 bridgehead atoms. The van der Waals surface area contributed by atoms with Crippen LogP contribution in [0, 0.1) is 0 Å². The first kappa shape index (κ1) is 22.3. The minimum atomic E-state index is -1.37. The van der Waals surface area contributed by atoms with E-state index in [-0.39, 0.29) is 18.2 Å². The molecular weight excluding hydrogens is 334 g/mol. The van der Waals surface area contributed by atoms with Gasteiger partial charge in [0, 0.05) is 13.2 Å².